The number of aryl methyl sites for hydroxylation is 3. The highest BCUT2D eigenvalue weighted by Crippen LogP contribution is 2.20. The second kappa shape index (κ2) is 7.50. The molecule has 0 aliphatic rings. The first-order chi connectivity index (χ1) is 10.5. The lowest BCUT2D eigenvalue weighted by atomic mass is 10.0. The largest absolute Gasteiger partial charge is 0.349 e. The van der Waals surface area contributed by atoms with E-state index in [1.807, 2.05) is 6.92 Å². The van der Waals surface area contributed by atoms with E-state index < -0.39 is 0 Å². The van der Waals surface area contributed by atoms with Crippen LogP contribution in [0.2, 0.25) is 0 Å². The molecule has 3 heteroatoms. The maximum Gasteiger partial charge on any atom is 0.230 e. The fourth-order valence-corrected chi connectivity index (χ4v) is 3.17. The third kappa shape index (κ3) is 4.63. The minimum atomic E-state index is 0.0340. The molecule has 2 nitrogen and oxygen atoms in total. The van der Waals surface area contributed by atoms with Gasteiger partial charge in [0.15, 0.2) is 0 Å². The first-order valence-electron chi connectivity index (χ1n) is 7.51. The van der Waals surface area contributed by atoms with E-state index in [0.717, 1.165) is 4.90 Å². The molecule has 1 amide bonds. The second-order valence-electron chi connectivity index (χ2n) is 5.75. The number of carbonyl (C=O) groups excluding carboxylic acids is 1. The number of benzene rings is 2. The Morgan fingerprint density at radius 2 is 1.68 bits per heavy atom. The predicted octanol–water partition coefficient (Wildman–Crippen LogP) is 4.58. The molecule has 1 unspecified atom stereocenters. The number of hydrogen-bond donors (Lipinski definition) is 1. The monoisotopic (exact) mass is 313 g/mol. The summed E-state index contributed by atoms with van der Waals surface area (Å²) in [6, 6.07) is 14.6. The van der Waals surface area contributed by atoms with Gasteiger partial charge in [-0.1, -0.05) is 41.5 Å². The highest BCUT2D eigenvalue weighted by atomic mass is 32.2. The van der Waals surface area contributed by atoms with Crippen molar-refractivity contribution in [3.63, 3.8) is 0 Å². The van der Waals surface area contributed by atoms with Crippen LogP contribution in [0.3, 0.4) is 0 Å². The fourth-order valence-electron chi connectivity index (χ4n) is 2.46. The molecule has 0 spiro atoms. The van der Waals surface area contributed by atoms with Crippen molar-refractivity contribution in [1.29, 1.82) is 0 Å². The molecule has 2 rings (SSSR count). The number of nitrogens with one attached hydrogen (secondary N) is 1. The lowest BCUT2D eigenvalue weighted by molar-refractivity contribution is -0.119. The molecule has 0 heterocycles. The summed E-state index contributed by atoms with van der Waals surface area (Å²) >= 11 is 1.57. The lowest BCUT2D eigenvalue weighted by Crippen LogP contribution is -2.28. The van der Waals surface area contributed by atoms with Crippen LogP contribution in [-0.4, -0.2) is 11.7 Å². The fraction of sp³-hybridized carbons (Fsp3) is 0.316. The van der Waals surface area contributed by atoms with Gasteiger partial charge in [-0.3, -0.25) is 4.79 Å². The number of carbonyl (C=O) groups is 1. The Morgan fingerprint density at radius 3 is 2.32 bits per heavy atom. The van der Waals surface area contributed by atoms with Crippen molar-refractivity contribution in [3.05, 3.63) is 64.7 Å². The molecule has 0 aromatic heterocycles. The molecule has 0 aliphatic heterocycles. The van der Waals surface area contributed by atoms with Gasteiger partial charge < -0.3 is 5.32 Å². The second-order valence-corrected chi connectivity index (χ2v) is 6.80. The van der Waals surface area contributed by atoms with Gasteiger partial charge in [-0.2, -0.15) is 0 Å². The average Bonchev–Trinajstić information content (AvgIpc) is 2.46. The molecule has 0 aliphatic carbocycles. The molecule has 1 N–H and O–H groups in total. The van der Waals surface area contributed by atoms with Gasteiger partial charge in [0.05, 0.1) is 11.8 Å². The van der Waals surface area contributed by atoms with Crippen LogP contribution in [0.5, 0.6) is 0 Å². The summed E-state index contributed by atoms with van der Waals surface area (Å²) in [6.45, 7) is 8.27. The van der Waals surface area contributed by atoms with Gasteiger partial charge in [-0.25, -0.2) is 0 Å². The zero-order valence-corrected chi connectivity index (χ0v) is 14.5. The summed E-state index contributed by atoms with van der Waals surface area (Å²) in [5, 5.41) is 3.08. The lowest BCUT2D eigenvalue weighted by Gasteiger charge is -2.17. The van der Waals surface area contributed by atoms with Crippen molar-refractivity contribution in [1.82, 2.24) is 5.32 Å². The molecule has 2 aromatic rings. The quantitative estimate of drug-likeness (QED) is 0.819. The third-order valence-electron chi connectivity index (χ3n) is 3.66. The van der Waals surface area contributed by atoms with Crippen LogP contribution in [0.15, 0.2) is 47.4 Å². The van der Waals surface area contributed by atoms with E-state index in [4.69, 9.17) is 0 Å². The van der Waals surface area contributed by atoms with Gasteiger partial charge in [0.25, 0.3) is 0 Å². The molecule has 1 atom stereocenters. The maximum atomic E-state index is 12.1. The minimum absolute atomic E-state index is 0.0340. The molecule has 0 fully saturated rings. The van der Waals surface area contributed by atoms with Gasteiger partial charge in [-0.05, 0) is 51.0 Å². The van der Waals surface area contributed by atoms with Crippen molar-refractivity contribution in [2.45, 2.75) is 38.6 Å². The van der Waals surface area contributed by atoms with E-state index >= 15 is 0 Å². The third-order valence-corrected chi connectivity index (χ3v) is 4.67. The van der Waals surface area contributed by atoms with Crippen LogP contribution in [0.25, 0.3) is 0 Å². The Bertz CT molecular complexity index is 649. The van der Waals surface area contributed by atoms with Crippen molar-refractivity contribution in [2.75, 3.05) is 5.75 Å². The van der Waals surface area contributed by atoms with Gasteiger partial charge in [-0.15, -0.1) is 11.8 Å². The SMILES string of the molecule is Cc1ccc(SCC(=O)NC(C)c2ccc(C)cc2C)cc1. The molecule has 0 saturated heterocycles. The average molecular weight is 313 g/mol. The van der Waals surface area contributed by atoms with Gasteiger partial charge in [0.2, 0.25) is 5.91 Å². The first kappa shape index (κ1) is 16.6. The van der Waals surface area contributed by atoms with Crippen molar-refractivity contribution in [3.8, 4) is 0 Å². The molecule has 0 saturated carbocycles. The van der Waals surface area contributed by atoms with Crippen LogP contribution < -0.4 is 5.32 Å². The summed E-state index contributed by atoms with van der Waals surface area (Å²) in [6.07, 6.45) is 0. The first-order valence-corrected chi connectivity index (χ1v) is 8.50. The standard InChI is InChI=1S/C19H23NOS/c1-13-5-8-17(9-6-13)22-12-19(21)20-16(4)18-10-7-14(2)11-15(18)3/h5-11,16H,12H2,1-4H3,(H,20,21). The molecule has 0 bridgehead atoms. The van der Waals surface area contributed by atoms with Crippen molar-refractivity contribution < 1.29 is 4.79 Å². The summed E-state index contributed by atoms with van der Waals surface area (Å²) in [5.74, 6) is 0.510. The molecular weight excluding hydrogens is 290 g/mol. The highest BCUT2D eigenvalue weighted by molar-refractivity contribution is 8.00. The van der Waals surface area contributed by atoms with Gasteiger partial charge >= 0.3 is 0 Å². The normalized spacial score (nSPS) is 12.0. The molecule has 22 heavy (non-hydrogen) atoms. The predicted molar refractivity (Wildman–Crippen MR) is 94.4 cm³/mol. The molecular formula is C19H23NOS. The number of amides is 1. The van der Waals surface area contributed by atoms with Crippen LogP contribution in [0, 0.1) is 20.8 Å². The number of hydrogen-bond acceptors (Lipinski definition) is 2. The van der Waals surface area contributed by atoms with Gasteiger partial charge in [0, 0.05) is 4.90 Å². The molecule has 116 valence electrons. The van der Waals surface area contributed by atoms with E-state index in [-0.39, 0.29) is 11.9 Å². The van der Waals surface area contributed by atoms with Gasteiger partial charge in [0.1, 0.15) is 0 Å². The maximum absolute atomic E-state index is 12.1. The van der Waals surface area contributed by atoms with Crippen LogP contribution >= 0.6 is 11.8 Å². The zero-order chi connectivity index (χ0) is 16.1. The molecule has 2 aromatic carbocycles. The summed E-state index contributed by atoms with van der Waals surface area (Å²) in [7, 11) is 0. The van der Waals surface area contributed by atoms with E-state index in [0.29, 0.717) is 5.75 Å². The molecule has 0 radical (unpaired) electrons. The van der Waals surface area contributed by atoms with E-state index in [9.17, 15) is 4.79 Å². The van der Waals surface area contributed by atoms with E-state index in [2.05, 4.69) is 68.6 Å². The van der Waals surface area contributed by atoms with Crippen molar-refractivity contribution >= 4 is 17.7 Å². The Morgan fingerprint density at radius 1 is 1.05 bits per heavy atom. The number of thioether (sulfide) groups is 1. The Labute approximate surface area is 137 Å². The Kier molecular flexibility index (Phi) is 5.67. The Balaban J connectivity index is 1.89. The van der Waals surface area contributed by atoms with Crippen LogP contribution in [0.1, 0.15) is 35.2 Å². The summed E-state index contributed by atoms with van der Waals surface area (Å²) in [5.41, 5.74) is 4.88. The Hall–Kier alpha value is -1.74. The highest BCUT2D eigenvalue weighted by Gasteiger charge is 2.12. The van der Waals surface area contributed by atoms with E-state index in [1.54, 1.807) is 11.8 Å². The minimum Gasteiger partial charge on any atom is -0.349 e. The van der Waals surface area contributed by atoms with Crippen LogP contribution in [0.4, 0.5) is 0 Å². The zero-order valence-electron chi connectivity index (χ0n) is 13.6. The summed E-state index contributed by atoms with van der Waals surface area (Å²) in [4.78, 5) is 13.2. The topological polar surface area (TPSA) is 29.1 Å². The smallest absolute Gasteiger partial charge is 0.230 e. The number of rotatable bonds is 5. The van der Waals surface area contributed by atoms with E-state index in [1.165, 1.54) is 22.3 Å². The summed E-state index contributed by atoms with van der Waals surface area (Å²) < 4.78 is 0. The van der Waals surface area contributed by atoms with Crippen molar-refractivity contribution in [2.24, 2.45) is 0 Å². The van der Waals surface area contributed by atoms with Crippen LogP contribution in [-0.2, 0) is 4.79 Å².